The second-order valence-electron chi connectivity index (χ2n) is 8.29. The topological polar surface area (TPSA) is 42.9 Å². The molecule has 0 bridgehead atoms. The van der Waals surface area contributed by atoms with Crippen molar-refractivity contribution < 1.29 is 0 Å². The number of hydrogen-bond acceptors (Lipinski definition) is 4. The average Bonchev–Trinajstić information content (AvgIpc) is 3.09. The fourth-order valence-corrected chi connectivity index (χ4v) is 5.05. The highest BCUT2D eigenvalue weighted by atomic mass is 32.1. The number of likely N-dealkylation sites (tertiary alicyclic amines) is 2. The number of thiophene rings is 1. The summed E-state index contributed by atoms with van der Waals surface area (Å²) in [7, 11) is 1.88. The summed E-state index contributed by atoms with van der Waals surface area (Å²) in [6.45, 7) is 9.40. The van der Waals surface area contributed by atoms with E-state index in [2.05, 4.69) is 42.9 Å². The highest BCUT2D eigenvalue weighted by Gasteiger charge is 2.19. The Hall–Kier alpha value is -1.11. The van der Waals surface area contributed by atoms with Gasteiger partial charge in [0.15, 0.2) is 5.96 Å². The van der Waals surface area contributed by atoms with Crippen molar-refractivity contribution in [1.82, 2.24) is 20.4 Å². The predicted octanol–water partition coefficient (Wildman–Crippen LogP) is 3.39. The molecule has 0 unspecified atom stereocenters. The fourth-order valence-electron chi connectivity index (χ4n) is 4.30. The van der Waals surface area contributed by atoms with Gasteiger partial charge in [0.1, 0.15) is 0 Å². The van der Waals surface area contributed by atoms with Crippen molar-refractivity contribution in [3.05, 3.63) is 22.4 Å². The number of rotatable bonds is 8. The number of aliphatic imine (C=N–C) groups is 1. The van der Waals surface area contributed by atoms with Gasteiger partial charge < -0.3 is 15.5 Å². The van der Waals surface area contributed by atoms with E-state index in [1.807, 2.05) is 18.4 Å². The Morgan fingerprint density at radius 2 is 1.86 bits per heavy atom. The Kier molecular flexibility index (Phi) is 9.60. The van der Waals surface area contributed by atoms with E-state index in [0.29, 0.717) is 0 Å². The lowest BCUT2D eigenvalue weighted by molar-refractivity contribution is 0.179. The van der Waals surface area contributed by atoms with Gasteiger partial charge in [-0.15, -0.1) is 11.3 Å². The molecular formula is C22H39N5S. The van der Waals surface area contributed by atoms with Crippen molar-refractivity contribution in [1.29, 1.82) is 0 Å². The van der Waals surface area contributed by atoms with E-state index in [-0.39, 0.29) is 0 Å². The van der Waals surface area contributed by atoms with Crippen molar-refractivity contribution in [3.8, 4) is 0 Å². The lowest BCUT2D eigenvalue weighted by Gasteiger charge is -2.32. The Balaban J connectivity index is 1.25. The van der Waals surface area contributed by atoms with Crippen LogP contribution in [0, 0.1) is 5.92 Å². The van der Waals surface area contributed by atoms with E-state index in [0.717, 1.165) is 31.5 Å². The average molecular weight is 406 g/mol. The van der Waals surface area contributed by atoms with Crippen molar-refractivity contribution >= 4 is 17.3 Å². The van der Waals surface area contributed by atoms with Crippen LogP contribution in [0.4, 0.5) is 0 Å². The third-order valence-corrected chi connectivity index (χ3v) is 6.95. The van der Waals surface area contributed by atoms with Gasteiger partial charge in [0.05, 0.1) is 0 Å². The first-order chi connectivity index (χ1) is 13.8. The number of piperidine rings is 1. The molecule has 6 heteroatoms. The van der Waals surface area contributed by atoms with E-state index >= 15 is 0 Å². The van der Waals surface area contributed by atoms with Crippen LogP contribution in [0.2, 0.25) is 0 Å². The third-order valence-electron chi connectivity index (χ3n) is 6.09. The minimum atomic E-state index is 0.759. The standard InChI is InChI=1S/C22H39N5S/c1-23-22(24-11-7-14-26-12-4-2-3-5-13-26)25-18-20-9-15-27(16-10-20)19-21-8-6-17-28-21/h6,8,17,20H,2-5,7,9-16,18-19H2,1H3,(H2,23,24,25). The second-order valence-corrected chi connectivity index (χ2v) is 9.32. The van der Waals surface area contributed by atoms with E-state index in [9.17, 15) is 0 Å². The molecule has 3 rings (SSSR count). The summed E-state index contributed by atoms with van der Waals surface area (Å²) in [5.41, 5.74) is 0. The predicted molar refractivity (Wildman–Crippen MR) is 121 cm³/mol. The molecule has 0 saturated carbocycles. The van der Waals surface area contributed by atoms with Gasteiger partial charge in [-0.2, -0.15) is 0 Å². The molecule has 1 aromatic heterocycles. The zero-order valence-electron chi connectivity index (χ0n) is 17.7. The van der Waals surface area contributed by atoms with Crippen LogP contribution >= 0.6 is 11.3 Å². The van der Waals surface area contributed by atoms with Crippen LogP contribution in [0.3, 0.4) is 0 Å². The van der Waals surface area contributed by atoms with Crippen LogP contribution in [0.1, 0.15) is 49.8 Å². The molecule has 1 aromatic rings. The molecule has 158 valence electrons. The van der Waals surface area contributed by atoms with E-state index in [1.54, 1.807) is 0 Å². The molecule has 2 N–H and O–H groups in total. The van der Waals surface area contributed by atoms with Crippen LogP contribution in [-0.4, -0.2) is 68.6 Å². The SMILES string of the molecule is CN=C(NCCCN1CCCCCC1)NCC1CCN(Cc2cccs2)CC1. The summed E-state index contributed by atoms with van der Waals surface area (Å²) in [5.74, 6) is 1.73. The molecular weight excluding hydrogens is 366 g/mol. The van der Waals surface area contributed by atoms with Gasteiger partial charge in [0.25, 0.3) is 0 Å². The minimum absolute atomic E-state index is 0.759. The molecule has 0 radical (unpaired) electrons. The molecule has 2 aliphatic heterocycles. The molecule has 0 amide bonds. The molecule has 28 heavy (non-hydrogen) atoms. The summed E-state index contributed by atoms with van der Waals surface area (Å²) in [5, 5.41) is 9.24. The number of guanidine groups is 1. The summed E-state index contributed by atoms with van der Waals surface area (Å²) in [6.07, 6.45) is 9.35. The molecule has 5 nitrogen and oxygen atoms in total. The normalized spacial score (nSPS) is 20.8. The van der Waals surface area contributed by atoms with Gasteiger partial charge in [0.2, 0.25) is 0 Å². The van der Waals surface area contributed by atoms with Gasteiger partial charge in [-0.05, 0) is 82.2 Å². The Morgan fingerprint density at radius 1 is 1.07 bits per heavy atom. The molecule has 0 atom stereocenters. The Bertz CT molecular complexity index is 543. The van der Waals surface area contributed by atoms with E-state index in [1.165, 1.54) is 82.5 Å². The first-order valence-corrected chi connectivity index (χ1v) is 12.1. The zero-order valence-corrected chi connectivity index (χ0v) is 18.5. The van der Waals surface area contributed by atoms with Crippen LogP contribution in [0.5, 0.6) is 0 Å². The quantitative estimate of drug-likeness (QED) is 0.395. The molecule has 2 fully saturated rings. The number of hydrogen-bond donors (Lipinski definition) is 2. The molecule has 0 spiro atoms. The Morgan fingerprint density at radius 3 is 2.54 bits per heavy atom. The maximum absolute atomic E-state index is 4.41. The van der Waals surface area contributed by atoms with Gasteiger partial charge in [-0.1, -0.05) is 18.9 Å². The van der Waals surface area contributed by atoms with Crippen LogP contribution < -0.4 is 10.6 Å². The first kappa shape index (κ1) is 21.6. The van der Waals surface area contributed by atoms with Crippen molar-refractivity contribution in [2.45, 2.75) is 51.5 Å². The smallest absolute Gasteiger partial charge is 0.190 e. The van der Waals surface area contributed by atoms with Crippen LogP contribution in [-0.2, 0) is 6.54 Å². The molecule has 0 aliphatic carbocycles. The molecule has 2 saturated heterocycles. The van der Waals surface area contributed by atoms with E-state index in [4.69, 9.17) is 0 Å². The second kappa shape index (κ2) is 12.5. The molecule has 0 aromatic carbocycles. The van der Waals surface area contributed by atoms with E-state index < -0.39 is 0 Å². The van der Waals surface area contributed by atoms with Crippen LogP contribution in [0.15, 0.2) is 22.5 Å². The summed E-state index contributed by atoms with van der Waals surface area (Å²) in [4.78, 5) is 11.1. The van der Waals surface area contributed by atoms with Crippen LogP contribution in [0.25, 0.3) is 0 Å². The fraction of sp³-hybridized carbons (Fsp3) is 0.773. The minimum Gasteiger partial charge on any atom is -0.356 e. The number of nitrogens with zero attached hydrogens (tertiary/aromatic N) is 3. The molecule has 2 aliphatic rings. The summed E-state index contributed by atoms with van der Waals surface area (Å²) < 4.78 is 0. The first-order valence-electron chi connectivity index (χ1n) is 11.2. The number of nitrogens with one attached hydrogen (secondary N) is 2. The van der Waals surface area contributed by atoms with Crippen molar-refractivity contribution in [2.24, 2.45) is 10.9 Å². The summed E-state index contributed by atoms with van der Waals surface area (Å²) >= 11 is 1.87. The zero-order chi connectivity index (χ0) is 19.4. The van der Waals surface area contributed by atoms with Gasteiger partial charge in [-0.25, -0.2) is 0 Å². The lowest BCUT2D eigenvalue weighted by atomic mass is 9.97. The largest absolute Gasteiger partial charge is 0.356 e. The third kappa shape index (κ3) is 7.72. The monoisotopic (exact) mass is 405 g/mol. The highest BCUT2D eigenvalue weighted by Crippen LogP contribution is 2.20. The highest BCUT2D eigenvalue weighted by molar-refractivity contribution is 7.09. The van der Waals surface area contributed by atoms with Gasteiger partial charge in [0, 0.05) is 31.6 Å². The van der Waals surface area contributed by atoms with Crippen molar-refractivity contribution in [3.63, 3.8) is 0 Å². The molecule has 3 heterocycles. The van der Waals surface area contributed by atoms with Gasteiger partial charge >= 0.3 is 0 Å². The van der Waals surface area contributed by atoms with Crippen molar-refractivity contribution in [2.75, 3.05) is 52.9 Å². The Labute approximate surface area is 175 Å². The maximum Gasteiger partial charge on any atom is 0.190 e. The van der Waals surface area contributed by atoms with Gasteiger partial charge in [-0.3, -0.25) is 9.89 Å². The lowest BCUT2D eigenvalue weighted by Crippen LogP contribution is -2.43. The maximum atomic E-state index is 4.41. The summed E-state index contributed by atoms with van der Waals surface area (Å²) in [6, 6.07) is 4.41.